The third kappa shape index (κ3) is 3.14. The summed E-state index contributed by atoms with van der Waals surface area (Å²) in [4.78, 5) is 8.11. The number of halogens is 1. The van der Waals surface area contributed by atoms with Crippen molar-refractivity contribution in [1.82, 2.24) is 9.97 Å². The molecule has 0 saturated carbocycles. The fourth-order valence-electron chi connectivity index (χ4n) is 1.34. The third-order valence-electron chi connectivity index (χ3n) is 2.12. The topological polar surface area (TPSA) is 37.8 Å². The fraction of sp³-hybridized carbons (Fsp3) is 0.600. The molecular formula is C10H16ClN3. The summed E-state index contributed by atoms with van der Waals surface area (Å²) in [6.07, 6.45) is 6.59. The van der Waals surface area contributed by atoms with Crippen molar-refractivity contribution in [1.29, 1.82) is 0 Å². The Bertz CT molecular complexity index is 278. The summed E-state index contributed by atoms with van der Waals surface area (Å²) in [6.45, 7) is 4.32. The Kier molecular flexibility index (Phi) is 4.66. The van der Waals surface area contributed by atoms with Crippen LogP contribution in [-0.4, -0.2) is 16.0 Å². The number of aromatic nitrogens is 2. The molecule has 0 saturated heterocycles. The van der Waals surface area contributed by atoms with Gasteiger partial charge in [-0.2, -0.15) is 0 Å². The van der Waals surface area contributed by atoms with Crippen LogP contribution in [0.4, 0.5) is 5.82 Å². The Morgan fingerprint density at radius 1 is 1.36 bits per heavy atom. The van der Waals surface area contributed by atoms with Crippen molar-refractivity contribution in [3.05, 3.63) is 17.5 Å². The van der Waals surface area contributed by atoms with Crippen LogP contribution in [-0.2, 0) is 0 Å². The average molecular weight is 214 g/mol. The van der Waals surface area contributed by atoms with Crippen molar-refractivity contribution in [3.63, 3.8) is 0 Å². The van der Waals surface area contributed by atoms with Gasteiger partial charge in [0.2, 0.25) is 0 Å². The van der Waals surface area contributed by atoms with Crippen molar-refractivity contribution in [3.8, 4) is 0 Å². The molecule has 0 aromatic carbocycles. The van der Waals surface area contributed by atoms with Crippen LogP contribution in [0.25, 0.3) is 0 Å². The van der Waals surface area contributed by atoms with Crippen molar-refractivity contribution in [2.45, 2.75) is 39.2 Å². The summed E-state index contributed by atoms with van der Waals surface area (Å²) in [7, 11) is 0. The van der Waals surface area contributed by atoms with Gasteiger partial charge in [0.15, 0.2) is 11.0 Å². The second kappa shape index (κ2) is 5.81. The molecule has 14 heavy (non-hydrogen) atoms. The van der Waals surface area contributed by atoms with E-state index in [1.54, 1.807) is 12.4 Å². The van der Waals surface area contributed by atoms with E-state index < -0.39 is 0 Å². The van der Waals surface area contributed by atoms with Gasteiger partial charge in [-0.1, -0.05) is 31.9 Å². The summed E-state index contributed by atoms with van der Waals surface area (Å²) in [5.41, 5.74) is 0. The monoisotopic (exact) mass is 213 g/mol. The van der Waals surface area contributed by atoms with E-state index in [2.05, 4.69) is 29.1 Å². The largest absolute Gasteiger partial charge is 0.365 e. The number of nitrogens with one attached hydrogen (secondary N) is 1. The van der Waals surface area contributed by atoms with Crippen LogP contribution in [0.15, 0.2) is 12.4 Å². The predicted molar refractivity (Wildman–Crippen MR) is 59.7 cm³/mol. The highest BCUT2D eigenvalue weighted by Crippen LogP contribution is 2.17. The van der Waals surface area contributed by atoms with Crippen molar-refractivity contribution >= 4 is 17.4 Å². The lowest BCUT2D eigenvalue weighted by Crippen LogP contribution is -2.19. The maximum absolute atomic E-state index is 5.89. The second-order valence-electron chi connectivity index (χ2n) is 3.23. The first-order valence-corrected chi connectivity index (χ1v) is 5.38. The summed E-state index contributed by atoms with van der Waals surface area (Å²) in [5, 5.41) is 3.74. The standard InChI is InChI=1S/C10H16ClN3/c1-3-5-8(4-2)14-10-9(11)12-6-7-13-10/h6-8H,3-5H2,1-2H3,(H,13,14). The number of anilines is 1. The van der Waals surface area contributed by atoms with E-state index in [-0.39, 0.29) is 0 Å². The molecule has 0 aliphatic carbocycles. The molecule has 0 aliphatic heterocycles. The number of hydrogen-bond acceptors (Lipinski definition) is 3. The Morgan fingerprint density at radius 3 is 2.64 bits per heavy atom. The molecule has 0 spiro atoms. The van der Waals surface area contributed by atoms with Gasteiger partial charge in [-0.25, -0.2) is 9.97 Å². The summed E-state index contributed by atoms with van der Waals surface area (Å²) in [6, 6.07) is 0.439. The Hall–Kier alpha value is -0.830. The summed E-state index contributed by atoms with van der Waals surface area (Å²) < 4.78 is 0. The van der Waals surface area contributed by atoms with Gasteiger partial charge in [-0.05, 0) is 12.8 Å². The fourth-order valence-corrected chi connectivity index (χ4v) is 1.50. The third-order valence-corrected chi connectivity index (χ3v) is 2.40. The maximum atomic E-state index is 5.89. The quantitative estimate of drug-likeness (QED) is 0.817. The van der Waals surface area contributed by atoms with E-state index in [0.29, 0.717) is 17.0 Å². The highest BCUT2D eigenvalue weighted by atomic mass is 35.5. The minimum atomic E-state index is 0.439. The Balaban J connectivity index is 2.62. The smallest absolute Gasteiger partial charge is 0.171 e. The van der Waals surface area contributed by atoms with Crippen LogP contribution < -0.4 is 5.32 Å². The first kappa shape index (κ1) is 11.2. The lowest BCUT2D eigenvalue weighted by atomic mass is 10.1. The van der Waals surface area contributed by atoms with Crippen LogP contribution in [0, 0.1) is 0 Å². The minimum Gasteiger partial charge on any atom is -0.365 e. The van der Waals surface area contributed by atoms with Gasteiger partial charge in [-0.3, -0.25) is 0 Å². The van der Waals surface area contributed by atoms with E-state index in [4.69, 9.17) is 11.6 Å². The molecule has 0 amide bonds. The molecule has 1 unspecified atom stereocenters. The maximum Gasteiger partial charge on any atom is 0.171 e. The van der Waals surface area contributed by atoms with Crippen LogP contribution in [0.3, 0.4) is 0 Å². The minimum absolute atomic E-state index is 0.439. The Labute approximate surface area is 89.9 Å². The van der Waals surface area contributed by atoms with Gasteiger partial charge in [0.1, 0.15) is 0 Å². The van der Waals surface area contributed by atoms with E-state index in [1.807, 2.05) is 0 Å². The van der Waals surface area contributed by atoms with Gasteiger partial charge < -0.3 is 5.32 Å². The highest BCUT2D eigenvalue weighted by Gasteiger charge is 2.08. The zero-order chi connectivity index (χ0) is 10.4. The molecule has 1 aromatic rings. The van der Waals surface area contributed by atoms with Crippen LogP contribution >= 0.6 is 11.6 Å². The molecule has 0 radical (unpaired) electrons. The molecule has 3 nitrogen and oxygen atoms in total. The molecule has 0 fully saturated rings. The molecule has 4 heteroatoms. The van der Waals surface area contributed by atoms with E-state index in [1.165, 1.54) is 0 Å². The molecule has 1 atom stereocenters. The van der Waals surface area contributed by atoms with Gasteiger partial charge in [0, 0.05) is 18.4 Å². The van der Waals surface area contributed by atoms with Gasteiger partial charge in [-0.15, -0.1) is 0 Å². The molecule has 0 bridgehead atoms. The molecule has 1 rings (SSSR count). The number of hydrogen-bond donors (Lipinski definition) is 1. The van der Waals surface area contributed by atoms with Crippen LogP contribution in [0.2, 0.25) is 5.15 Å². The van der Waals surface area contributed by atoms with Gasteiger partial charge >= 0.3 is 0 Å². The van der Waals surface area contributed by atoms with Gasteiger partial charge in [0.05, 0.1) is 0 Å². The highest BCUT2D eigenvalue weighted by molar-refractivity contribution is 6.31. The average Bonchev–Trinajstić information content (AvgIpc) is 2.20. The van der Waals surface area contributed by atoms with Crippen LogP contribution in [0.1, 0.15) is 33.1 Å². The van der Waals surface area contributed by atoms with Crippen molar-refractivity contribution < 1.29 is 0 Å². The predicted octanol–water partition coefficient (Wildman–Crippen LogP) is 3.12. The van der Waals surface area contributed by atoms with Crippen LogP contribution in [0.5, 0.6) is 0 Å². The SMILES string of the molecule is CCCC(CC)Nc1nccnc1Cl. The Morgan fingerprint density at radius 2 is 2.07 bits per heavy atom. The van der Waals surface area contributed by atoms with Crippen molar-refractivity contribution in [2.24, 2.45) is 0 Å². The molecular weight excluding hydrogens is 198 g/mol. The molecule has 1 aromatic heterocycles. The lowest BCUT2D eigenvalue weighted by Gasteiger charge is -2.16. The second-order valence-corrected chi connectivity index (χ2v) is 3.59. The first-order valence-electron chi connectivity index (χ1n) is 5.01. The zero-order valence-electron chi connectivity index (χ0n) is 8.63. The lowest BCUT2D eigenvalue weighted by molar-refractivity contribution is 0.620. The summed E-state index contributed by atoms with van der Waals surface area (Å²) >= 11 is 5.89. The normalized spacial score (nSPS) is 12.5. The number of rotatable bonds is 5. The summed E-state index contributed by atoms with van der Waals surface area (Å²) in [5.74, 6) is 0.689. The first-order chi connectivity index (χ1) is 6.77. The van der Waals surface area contributed by atoms with E-state index in [0.717, 1.165) is 19.3 Å². The molecule has 1 heterocycles. The zero-order valence-corrected chi connectivity index (χ0v) is 9.38. The number of nitrogens with zero attached hydrogens (tertiary/aromatic N) is 2. The van der Waals surface area contributed by atoms with Gasteiger partial charge in [0.25, 0.3) is 0 Å². The molecule has 0 aliphatic rings. The van der Waals surface area contributed by atoms with E-state index in [9.17, 15) is 0 Å². The molecule has 78 valence electrons. The van der Waals surface area contributed by atoms with Crippen molar-refractivity contribution in [2.75, 3.05) is 5.32 Å². The molecule has 1 N–H and O–H groups in total. The van der Waals surface area contributed by atoms with E-state index >= 15 is 0 Å².